The fourth-order valence-electron chi connectivity index (χ4n) is 2.71. The molecule has 0 bridgehead atoms. The zero-order valence-electron chi connectivity index (χ0n) is 13.1. The summed E-state index contributed by atoms with van der Waals surface area (Å²) in [5.74, 6) is -0.659. The first-order valence-electron chi connectivity index (χ1n) is 7.63. The van der Waals surface area contributed by atoms with Crippen molar-refractivity contribution in [2.45, 2.75) is 32.4 Å². The maximum absolute atomic E-state index is 12.6. The Balaban J connectivity index is 2.09. The number of aryl methyl sites for hydroxylation is 1. The Kier molecular flexibility index (Phi) is 5.58. The van der Waals surface area contributed by atoms with Crippen LogP contribution in [0.5, 0.6) is 0 Å². The lowest BCUT2D eigenvalue weighted by atomic mass is 10.0. The Morgan fingerprint density at radius 2 is 2.09 bits per heavy atom. The number of esters is 1. The molecule has 1 aromatic rings. The van der Waals surface area contributed by atoms with E-state index >= 15 is 0 Å². The second-order valence-corrected chi connectivity index (χ2v) is 7.60. The zero-order valence-corrected chi connectivity index (χ0v) is 13.9. The van der Waals surface area contributed by atoms with Crippen LogP contribution in [0.4, 0.5) is 0 Å². The highest BCUT2D eigenvalue weighted by Crippen LogP contribution is 2.23. The van der Waals surface area contributed by atoms with Gasteiger partial charge in [0.15, 0.2) is 0 Å². The van der Waals surface area contributed by atoms with E-state index in [1.165, 1.54) is 4.31 Å². The number of benzene rings is 1. The first kappa shape index (κ1) is 17.0. The molecule has 122 valence electrons. The Labute approximate surface area is 132 Å². The Bertz CT molecular complexity index is 627. The van der Waals surface area contributed by atoms with Gasteiger partial charge in [0.05, 0.1) is 18.3 Å². The summed E-state index contributed by atoms with van der Waals surface area (Å²) in [5.41, 5.74) is 1.77. The third-order valence-electron chi connectivity index (χ3n) is 4.00. The van der Waals surface area contributed by atoms with Gasteiger partial charge in [-0.2, -0.15) is 0 Å². The van der Waals surface area contributed by atoms with Crippen molar-refractivity contribution >= 4 is 16.0 Å². The lowest BCUT2D eigenvalue weighted by molar-refractivity contribution is -0.149. The quantitative estimate of drug-likeness (QED) is 0.778. The van der Waals surface area contributed by atoms with Crippen LogP contribution in [0, 0.1) is 12.8 Å². The van der Waals surface area contributed by atoms with Gasteiger partial charge in [-0.3, -0.25) is 4.79 Å². The molecule has 2 rings (SSSR count). The van der Waals surface area contributed by atoms with Gasteiger partial charge >= 0.3 is 5.97 Å². The lowest BCUT2D eigenvalue weighted by Crippen LogP contribution is -2.43. The van der Waals surface area contributed by atoms with Crippen molar-refractivity contribution < 1.29 is 17.9 Å². The van der Waals surface area contributed by atoms with E-state index in [4.69, 9.17) is 4.74 Å². The highest BCUT2D eigenvalue weighted by Gasteiger charge is 2.33. The van der Waals surface area contributed by atoms with Gasteiger partial charge in [0, 0.05) is 13.1 Å². The van der Waals surface area contributed by atoms with Crippen LogP contribution in [-0.2, 0) is 25.3 Å². The summed E-state index contributed by atoms with van der Waals surface area (Å²) >= 11 is 0. The molecule has 1 unspecified atom stereocenters. The average Bonchev–Trinajstić information content (AvgIpc) is 2.50. The van der Waals surface area contributed by atoms with Crippen LogP contribution in [0.3, 0.4) is 0 Å². The topological polar surface area (TPSA) is 63.7 Å². The van der Waals surface area contributed by atoms with E-state index in [2.05, 4.69) is 0 Å². The Morgan fingerprint density at radius 3 is 2.77 bits per heavy atom. The standard InChI is InChI=1S/C16H23NO4S/c1-3-21-16(18)14-9-6-10-17(11-14)22(19,20)12-15-8-5-4-7-13(15)2/h4-5,7-8,14H,3,6,9-12H2,1-2H3. The predicted octanol–water partition coefficient (Wildman–Crippen LogP) is 2.10. The summed E-state index contributed by atoms with van der Waals surface area (Å²) < 4.78 is 31.7. The van der Waals surface area contributed by atoms with Crippen molar-refractivity contribution in [1.29, 1.82) is 0 Å². The molecule has 0 saturated carbocycles. The van der Waals surface area contributed by atoms with Crippen LogP contribution in [0.2, 0.25) is 0 Å². The largest absolute Gasteiger partial charge is 0.466 e. The van der Waals surface area contributed by atoms with Gasteiger partial charge in [-0.25, -0.2) is 12.7 Å². The van der Waals surface area contributed by atoms with Gasteiger partial charge < -0.3 is 4.74 Å². The third-order valence-corrected chi connectivity index (χ3v) is 5.79. The molecular formula is C16H23NO4S. The van der Waals surface area contributed by atoms with Crippen molar-refractivity contribution in [3.05, 3.63) is 35.4 Å². The van der Waals surface area contributed by atoms with E-state index in [-0.39, 0.29) is 24.2 Å². The molecule has 0 amide bonds. The number of rotatable bonds is 5. The van der Waals surface area contributed by atoms with Gasteiger partial charge in [-0.05, 0) is 37.8 Å². The molecule has 1 saturated heterocycles. The minimum absolute atomic E-state index is 0.0186. The molecule has 0 N–H and O–H groups in total. The highest BCUT2D eigenvalue weighted by atomic mass is 32.2. The number of piperidine rings is 1. The number of carbonyl (C=O) groups excluding carboxylic acids is 1. The summed E-state index contributed by atoms with van der Waals surface area (Å²) in [7, 11) is -3.41. The molecule has 1 aliphatic heterocycles. The highest BCUT2D eigenvalue weighted by molar-refractivity contribution is 7.88. The summed E-state index contributed by atoms with van der Waals surface area (Å²) in [6.45, 7) is 4.69. The fourth-order valence-corrected chi connectivity index (χ4v) is 4.42. The molecule has 0 radical (unpaired) electrons. The van der Waals surface area contributed by atoms with Crippen LogP contribution in [-0.4, -0.2) is 38.4 Å². The lowest BCUT2D eigenvalue weighted by Gasteiger charge is -2.30. The number of sulfonamides is 1. The van der Waals surface area contributed by atoms with Crippen LogP contribution in [0.25, 0.3) is 0 Å². The number of hydrogen-bond acceptors (Lipinski definition) is 4. The Morgan fingerprint density at radius 1 is 1.36 bits per heavy atom. The summed E-state index contributed by atoms with van der Waals surface area (Å²) in [6.07, 6.45) is 1.38. The first-order valence-corrected chi connectivity index (χ1v) is 9.24. The number of ether oxygens (including phenoxy) is 1. The van der Waals surface area contributed by atoms with Crippen LogP contribution in [0.1, 0.15) is 30.9 Å². The second kappa shape index (κ2) is 7.24. The van der Waals surface area contributed by atoms with Crippen molar-refractivity contribution in [2.75, 3.05) is 19.7 Å². The van der Waals surface area contributed by atoms with Crippen molar-refractivity contribution in [1.82, 2.24) is 4.31 Å². The molecule has 1 heterocycles. The number of nitrogens with zero attached hydrogens (tertiary/aromatic N) is 1. The van der Waals surface area contributed by atoms with Crippen LogP contribution >= 0.6 is 0 Å². The molecule has 5 nitrogen and oxygen atoms in total. The summed E-state index contributed by atoms with van der Waals surface area (Å²) in [5, 5.41) is 0. The van der Waals surface area contributed by atoms with Crippen molar-refractivity contribution in [3.8, 4) is 0 Å². The molecule has 1 aliphatic rings. The summed E-state index contributed by atoms with van der Waals surface area (Å²) in [4.78, 5) is 11.8. The zero-order chi connectivity index (χ0) is 16.2. The summed E-state index contributed by atoms with van der Waals surface area (Å²) in [6, 6.07) is 7.47. The van der Waals surface area contributed by atoms with E-state index in [0.717, 1.165) is 11.1 Å². The molecule has 0 aliphatic carbocycles. The molecule has 22 heavy (non-hydrogen) atoms. The molecule has 0 spiro atoms. The molecule has 1 aromatic carbocycles. The van der Waals surface area contributed by atoms with E-state index in [1.54, 1.807) is 6.92 Å². The molecule has 1 atom stereocenters. The maximum Gasteiger partial charge on any atom is 0.310 e. The molecular weight excluding hydrogens is 302 g/mol. The monoisotopic (exact) mass is 325 g/mol. The predicted molar refractivity (Wildman–Crippen MR) is 84.7 cm³/mol. The van der Waals surface area contributed by atoms with Crippen LogP contribution < -0.4 is 0 Å². The fraction of sp³-hybridized carbons (Fsp3) is 0.562. The van der Waals surface area contributed by atoms with E-state index in [9.17, 15) is 13.2 Å². The first-order chi connectivity index (χ1) is 10.4. The van der Waals surface area contributed by atoms with Gasteiger partial charge in [0.2, 0.25) is 10.0 Å². The minimum Gasteiger partial charge on any atom is -0.466 e. The van der Waals surface area contributed by atoms with E-state index in [1.807, 2.05) is 31.2 Å². The third kappa shape index (κ3) is 4.08. The van der Waals surface area contributed by atoms with Crippen LogP contribution in [0.15, 0.2) is 24.3 Å². The SMILES string of the molecule is CCOC(=O)C1CCCN(S(=O)(=O)Cc2ccccc2C)C1. The number of carbonyl (C=O) groups is 1. The molecule has 6 heteroatoms. The molecule has 1 fully saturated rings. The van der Waals surface area contributed by atoms with Crippen molar-refractivity contribution in [2.24, 2.45) is 5.92 Å². The van der Waals surface area contributed by atoms with Gasteiger partial charge in [0.1, 0.15) is 0 Å². The van der Waals surface area contributed by atoms with Gasteiger partial charge in [-0.1, -0.05) is 24.3 Å². The second-order valence-electron chi connectivity index (χ2n) is 5.63. The normalized spacial score (nSPS) is 19.8. The van der Waals surface area contributed by atoms with E-state index in [0.29, 0.717) is 26.0 Å². The van der Waals surface area contributed by atoms with Gasteiger partial charge in [0.25, 0.3) is 0 Å². The molecule has 0 aromatic heterocycles. The number of hydrogen-bond donors (Lipinski definition) is 0. The van der Waals surface area contributed by atoms with Gasteiger partial charge in [-0.15, -0.1) is 0 Å². The smallest absolute Gasteiger partial charge is 0.310 e. The van der Waals surface area contributed by atoms with E-state index < -0.39 is 10.0 Å². The Hall–Kier alpha value is -1.40. The van der Waals surface area contributed by atoms with Crippen molar-refractivity contribution in [3.63, 3.8) is 0 Å². The average molecular weight is 325 g/mol. The minimum atomic E-state index is -3.41. The maximum atomic E-state index is 12.6.